The molecule has 9 heteroatoms. The molecule has 9 nitrogen and oxygen atoms in total. The van der Waals surface area contributed by atoms with Crippen molar-refractivity contribution in [3.8, 4) is 0 Å². The number of carbonyl (C=O) groups is 2. The number of anilines is 1. The van der Waals surface area contributed by atoms with Gasteiger partial charge in [0.1, 0.15) is 36.6 Å². The van der Waals surface area contributed by atoms with Gasteiger partial charge < -0.3 is 24.9 Å². The summed E-state index contributed by atoms with van der Waals surface area (Å²) in [6, 6.07) is 0. The lowest BCUT2D eigenvalue weighted by molar-refractivity contribution is -0.149. The zero-order valence-corrected chi connectivity index (χ0v) is 13.3. The minimum Gasteiger partial charge on any atom is -0.463 e. The number of hydrogen-bond acceptors (Lipinski definition) is 8. The summed E-state index contributed by atoms with van der Waals surface area (Å²) in [6.07, 6.45) is 2.06. The van der Waals surface area contributed by atoms with Gasteiger partial charge in [0.25, 0.3) is 0 Å². The third-order valence-electron chi connectivity index (χ3n) is 3.80. The highest BCUT2D eigenvalue weighted by Gasteiger charge is 2.40. The predicted octanol–water partition coefficient (Wildman–Crippen LogP) is 0.865. The van der Waals surface area contributed by atoms with Crippen LogP contribution in [0.3, 0.4) is 0 Å². The molecule has 0 bridgehead atoms. The Balaban J connectivity index is 1.90. The molecule has 1 saturated heterocycles. The number of esters is 2. The Morgan fingerprint density at radius 3 is 2.88 bits per heavy atom. The van der Waals surface area contributed by atoms with E-state index in [2.05, 4.69) is 15.0 Å². The molecule has 3 atom stereocenters. The van der Waals surface area contributed by atoms with Gasteiger partial charge in [-0.15, -0.1) is 0 Å². The summed E-state index contributed by atoms with van der Waals surface area (Å²) < 4.78 is 16.3. The summed E-state index contributed by atoms with van der Waals surface area (Å²) in [6.45, 7) is 2.76. The number of nitrogens with one attached hydrogen (secondary N) is 1. The fourth-order valence-corrected chi connectivity index (χ4v) is 2.88. The molecule has 0 aromatic carbocycles. The molecule has 0 aliphatic carbocycles. The molecule has 3 N–H and O–H groups in total. The highest BCUT2D eigenvalue weighted by Crippen LogP contribution is 2.39. The Morgan fingerprint density at radius 1 is 1.38 bits per heavy atom. The van der Waals surface area contributed by atoms with Crippen molar-refractivity contribution in [3.05, 3.63) is 18.1 Å². The van der Waals surface area contributed by atoms with Crippen molar-refractivity contribution in [3.63, 3.8) is 0 Å². The number of rotatable bonds is 4. The van der Waals surface area contributed by atoms with E-state index in [9.17, 15) is 9.59 Å². The van der Waals surface area contributed by atoms with Crippen LogP contribution < -0.4 is 5.73 Å². The molecule has 1 aliphatic heterocycles. The molecular weight excluding hydrogens is 316 g/mol. The topological polar surface area (TPSA) is 129 Å². The number of nitrogens with zero attached hydrogens (tertiary/aromatic N) is 2. The second kappa shape index (κ2) is 6.44. The fraction of sp³-hybridized carbons (Fsp3) is 0.467. The Morgan fingerprint density at radius 2 is 2.17 bits per heavy atom. The van der Waals surface area contributed by atoms with E-state index in [1.807, 2.05) is 0 Å². The number of nitrogens with two attached hydrogens (primary N) is 1. The van der Waals surface area contributed by atoms with Crippen molar-refractivity contribution in [2.75, 3.05) is 12.3 Å². The first kappa shape index (κ1) is 16.2. The minimum absolute atomic E-state index is 0.0952. The van der Waals surface area contributed by atoms with Crippen molar-refractivity contribution in [2.45, 2.75) is 38.6 Å². The van der Waals surface area contributed by atoms with E-state index in [1.54, 1.807) is 6.20 Å². The summed E-state index contributed by atoms with van der Waals surface area (Å²) in [4.78, 5) is 33.5. The minimum atomic E-state index is -0.545. The van der Waals surface area contributed by atoms with Gasteiger partial charge in [0.05, 0.1) is 11.5 Å². The summed E-state index contributed by atoms with van der Waals surface area (Å²) in [5.74, 6) is -0.494. The molecule has 1 fully saturated rings. The molecule has 0 spiro atoms. The first-order valence-corrected chi connectivity index (χ1v) is 7.49. The van der Waals surface area contributed by atoms with Gasteiger partial charge in [-0.25, -0.2) is 9.97 Å². The maximum Gasteiger partial charge on any atom is 0.303 e. The number of fused-ring (bicyclic) bond motifs is 1. The van der Waals surface area contributed by atoms with Crippen LogP contribution in [0.25, 0.3) is 11.0 Å². The molecule has 1 aliphatic rings. The lowest BCUT2D eigenvalue weighted by Crippen LogP contribution is -2.20. The van der Waals surface area contributed by atoms with Crippen LogP contribution in [0.2, 0.25) is 0 Å². The highest BCUT2D eigenvalue weighted by molar-refractivity contribution is 5.89. The van der Waals surface area contributed by atoms with Crippen LogP contribution in [-0.4, -0.2) is 45.7 Å². The van der Waals surface area contributed by atoms with Gasteiger partial charge in [-0.2, -0.15) is 0 Å². The van der Waals surface area contributed by atoms with E-state index in [0.717, 1.165) is 0 Å². The van der Waals surface area contributed by atoms with E-state index < -0.39 is 24.1 Å². The smallest absolute Gasteiger partial charge is 0.303 e. The Kier molecular flexibility index (Phi) is 4.34. The van der Waals surface area contributed by atoms with Crippen molar-refractivity contribution in [1.82, 2.24) is 15.0 Å². The number of aromatic nitrogens is 3. The van der Waals surface area contributed by atoms with Crippen molar-refractivity contribution >= 4 is 28.8 Å². The normalized spacial score (nSPS) is 23.3. The number of aromatic amines is 1. The Labute approximate surface area is 137 Å². The van der Waals surface area contributed by atoms with E-state index in [0.29, 0.717) is 28.8 Å². The first-order chi connectivity index (χ1) is 11.5. The Bertz CT molecular complexity index is 774. The molecule has 3 heterocycles. The first-order valence-electron chi connectivity index (χ1n) is 7.49. The zero-order valence-electron chi connectivity index (χ0n) is 13.3. The van der Waals surface area contributed by atoms with E-state index in [4.69, 9.17) is 19.9 Å². The van der Waals surface area contributed by atoms with Gasteiger partial charge >= 0.3 is 11.9 Å². The molecule has 24 heavy (non-hydrogen) atoms. The zero-order chi connectivity index (χ0) is 17.3. The monoisotopic (exact) mass is 334 g/mol. The predicted molar refractivity (Wildman–Crippen MR) is 82.7 cm³/mol. The summed E-state index contributed by atoms with van der Waals surface area (Å²) >= 11 is 0. The lowest BCUT2D eigenvalue weighted by Gasteiger charge is -2.18. The second-order valence-corrected chi connectivity index (χ2v) is 5.59. The van der Waals surface area contributed by atoms with E-state index in [-0.39, 0.29) is 12.7 Å². The van der Waals surface area contributed by atoms with Crippen LogP contribution in [0.4, 0.5) is 5.82 Å². The summed E-state index contributed by atoms with van der Waals surface area (Å²) in [5, 5.41) is 0.632. The molecule has 0 radical (unpaired) electrons. The number of nitrogen functional groups attached to an aromatic ring is 1. The maximum absolute atomic E-state index is 11.4. The molecule has 2 aromatic heterocycles. The third-order valence-corrected chi connectivity index (χ3v) is 3.80. The number of ether oxygens (including phenoxy) is 3. The molecule has 3 rings (SSSR count). The molecule has 128 valence electrons. The Hall–Kier alpha value is -2.68. The fourth-order valence-electron chi connectivity index (χ4n) is 2.88. The van der Waals surface area contributed by atoms with Gasteiger partial charge in [0.15, 0.2) is 0 Å². The molecule has 0 unspecified atom stereocenters. The number of hydrogen-bond donors (Lipinski definition) is 2. The number of H-pyrrole nitrogens is 1. The van der Waals surface area contributed by atoms with Crippen LogP contribution in [0.15, 0.2) is 12.5 Å². The van der Waals surface area contributed by atoms with Crippen molar-refractivity contribution in [2.24, 2.45) is 0 Å². The van der Waals surface area contributed by atoms with Gasteiger partial charge in [-0.05, 0) is 0 Å². The van der Waals surface area contributed by atoms with Gasteiger partial charge in [-0.3, -0.25) is 9.59 Å². The summed E-state index contributed by atoms with van der Waals surface area (Å²) in [5.41, 5.74) is 7.23. The lowest BCUT2D eigenvalue weighted by atomic mass is 10.0. The molecular formula is C15H18N4O5. The maximum atomic E-state index is 11.4. The van der Waals surface area contributed by atoms with Crippen LogP contribution in [0.5, 0.6) is 0 Å². The van der Waals surface area contributed by atoms with Gasteiger partial charge in [0, 0.05) is 32.0 Å². The van der Waals surface area contributed by atoms with Crippen LogP contribution in [0, 0.1) is 0 Å². The SMILES string of the molecule is CC(=O)OC[C@@H]1C[C@@H](OC(C)=O)[C@@H](c2c[nH]c3ncnc(N)c23)O1. The highest BCUT2D eigenvalue weighted by atomic mass is 16.6. The summed E-state index contributed by atoms with van der Waals surface area (Å²) in [7, 11) is 0. The van der Waals surface area contributed by atoms with Crippen LogP contribution in [0.1, 0.15) is 31.9 Å². The average Bonchev–Trinajstić information content (AvgIpc) is 3.09. The van der Waals surface area contributed by atoms with Gasteiger partial charge in [-0.1, -0.05) is 0 Å². The average molecular weight is 334 g/mol. The standard InChI is InChI=1S/C15H18N4O5/c1-7(20)22-5-9-3-11(23-8(2)21)13(24-9)10-4-17-15-12(10)14(16)18-6-19-15/h4,6,9,11,13H,3,5H2,1-2H3,(H3,16,17,18,19)/t9-,11+,13+/m0/s1. The molecule has 2 aromatic rings. The molecule has 0 amide bonds. The molecule has 0 saturated carbocycles. The van der Waals surface area contributed by atoms with E-state index in [1.165, 1.54) is 20.2 Å². The largest absolute Gasteiger partial charge is 0.463 e. The van der Waals surface area contributed by atoms with Crippen molar-refractivity contribution in [1.29, 1.82) is 0 Å². The quantitative estimate of drug-likeness (QED) is 0.788. The van der Waals surface area contributed by atoms with Crippen molar-refractivity contribution < 1.29 is 23.8 Å². The number of carbonyl (C=O) groups excluding carboxylic acids is 2. The van der Waals surface area contributed by atoms with Gasteiger partial charge in [0.2, 0.25) is 0 Å². The van der Waals surface area contributed by atoms with Crippen LogP contribution in [-0.2, 0) is 23.8 Å². The van der Waals surface area contributed by atoms with E-state index >= 15 is 0 Å². The third kappa shape index (κ3) is 3.16. The van der Waals surface area contributed by atoms with Crippen LogP contribution >= 0.6 is 0 Å². The second-order valence-electron chi connectivity index (χ2n) is 5.59.